The number of rotatable bonds is 9. The van der Waals surface area contributed by atoms with Crippen molar-refractivity contribution in [2.24, 2.45) is 0 Å². The van der Waals surface area contributed by atoms with E-state index in [2.05, 4.69) is 27.3 Å². The molecule has 0 radical (unpaired) electrons. The molecule has 1 aromatic carbocycles. The molecule has 0 unspecified atom stereocenters. The summed E-state index contributed by atoms with van der Waals surface area (Å²) in [6.45, 7) is 5.60. The van der Waals surface area contributed by atoms with Gasteiger partial charge in [0.2, 0.25) is 5.91 Å². The molecule has 0 bridgehead atoms. The number of amides is 1. The Morgan fingerprint density at radius 2 is 1.93 bits per heavy atom. The summed E-state index contributed by atoms with van der Waals surface area (Å²) in [5.74, 6) is 0.818. The molecule has 1 aliphatic rings. The highest BCUT2D eigenvalue weighted by molar-refractivity contribution is 7.99. The average Bonchev–Trinajstić information content (AvgIpc) is 3.10. The molecule has 152 valence electrons. The number of carbonyl (C=O) groups excluding carboxylic acids is 1. The molecule has 2 heterocycles. The summed E-state index contributed by atoms with van der Waals surface area (Å²) in [4.78, 5) is 14.4. The van der Waals surface area contributed by atoms with Gasteiger partial charge < -0.3 is 5.32 Å². The maximum absolute atomic E-state index is 13.4. The Labute approximate surface area is 169 Å². The molecule has 0 aliphatic carbocycles. The van der Waals surface area contributed by atoms with Gasteiger partial charge in [0.25, 0.3) is 0 Å². The van der Waals surface area contributed by atoms with E-state index in [0.717, 1.165) is 37.4 Å². The Morgan fingerprint density at radius 3 is 2.64 bits per heavy atom. The summed E-state index contributed by atoms with van der Waals surface area (Å²) in [6.07, 6.45) is 5.69. The van der Waals surface area contributed by atoms with Gasteiger partial charge in [-0.05, 0) is 56.6 Å². The second-order valence-electron chi connectivity index (χ2n) is 7.04. The van der Waals surface area contributed by atoms with Crippen LogP contribution in [0.15, 0.2) is 29.4 Å². The third-order valence-electron chi connectivity index (χ3n) is 4.78. The summed E-state index contributed by atoms with van der Waals surface area (Å²) in [5.41, 5.74) is 0.812. The number of unbranched alkanes of at least 4 members (excludes halogenated alkanes) is 1. The topological polar surface area (TPSA) is 63.1 Å². The van der Waals surface area contributed by atoms with Crippen molar-refractivity contribution in [1.29, 1.82) is 0 Å². The predicted octanol–water partition coefficient (Wildman–Crippen LogP) is 3.40. The van der Waals surface area contributed by atoms with Crippen LogP contribution in [0.25, 0.3) is 5.69 Å². The summed E-state index contributed by atoms with van der Waals surface area (Å²) in [6, 6.07) is 6.32. The van der Waals surface area contributed by atoms with Gasteiger partial charge in [0, 0.05) is 12.2 Å². The van der Waals surface area contributed by atoms with Crippen molar-refractivity contribution in [3.8, 4) is 5.69 Å². The number of hydrogen-bond donors (Lipinski definition) is 1. The number of likely N-dealkylation sites (tertiary alicyclic amines) is 1. The van der Waals surface area contributed by atoms with E-state index in [4.69, 9.17) is 0 Å². The van der Waals surface area contributed by atoms with E-state index in [0.29, 0.717) is 18.2 Å². The molecule has 3 rings (SSSR count). The van der Waals surface area contributed by atoms with E-state index in [1.165, 1.54) is 43.2 Å². The number of nitrogens with one attached hydrogen (secondary N) is 1. The highest BCUT2D eigenvalue weighted by Crippen LogP contribution is 2.24. The van der Waals surface area contributed by atoms with Crippen LogP contribution >= 0.6 is 11.8 Å². The lowest BCUT2D eigenvalue weighted by molar-refractivity contribution is -0.118. The zero-order valence-electron chi connectivity index (χ0n) is 16.4. The van der Waals surface area contributed by atoms with Crippen LogP contribution in [-0.4, -0.2) is 51.0 Å². The molecule has 0 spiro atoms. The van der Waals surface area contributed by atoms with Gasteiger partial charge in [0.05, 0.1) is 12.3 Å². The van der Waals surface area contributed by atoms with Crippen molar-refractivity contribution in [3.05, 3.63) is 35.9 Å². The zero-order valence-corrected chi connectivity index (χ0v) is 17.2. The first-order chi connectivity index (χ1) is 13.7. The highest BCUT2D eigenvalue weighted by Gasteiger charge is 2.19. The summed E-state index contributed by atoms with van der Waals surface area (Å²) < 4.78 is 15.3. The molecular weight excluding hydrogens is 377 g/mol. The molecule has 1 aliphatic heterocycles. The first kappa shape index (κ1) is 20.8. The van der Waals surface area contributed by atoms with Gasteiger partial charge in [-0.25, -0.2) is 4.39 Å². The van der Waals surface area contributed by atoms with Crippen molar-refractivity contribution < 1.29 is 9.18 Å². The molecule has 6 nitrogen and oxygen atoms in total. The fourth-order valence-electron chi connectivity index (χ4n) is 3.25. The van der Waals surface area contributed by atoms with Gasteiger partial charge in [-0.15, -0.1) is 10.2 Å². The second kappa shape index (κ2) is 10.6. The molecule has 2 aromatic rings. The van der Waals surface area contributed by atoms with Crippen LogP contribution in [0.5, 0.6) is 0 Å². The van der Waals surface area contributed by atoms with Gasteiger partial charge in [-0.2, -0.15) is 0 Å². The molecule has 28 heavy (non-hydrogen) atoms. The average molecular weight is 406 g/mol. The number of nitrogens with zero attached hydrogens (tertiary/aromatic N) is 4. The monoisotopic (exact) mass is 405 g/mol. The Bertz CT molecular complexity index is 758. The summed E-state index contributed by atoms with van der Waals surface area (Å²) in [5, 5.41) is 12.3. The van der Waals surface area contributed by atoms with Gasteiger partial charge in [0.1, 0.15) is 5.82 Å². The minimum absolute atomic E-state index is 0.00955. The molecule has 1 aromatic heterocycles. The van der Waals surface area contributed by atoms with Crippen LogP contribution in [0.4, 0.5) is 4.39 Å². The third-order valence-corrected chi connectivity index (χ3v) is 5.71. The summed E-state index contributed by atoms with van der Waals surface area (Å²) >= 11 is 1.36. The number of carbonyl (C=O) groups is 1. The van der Waals surface area contributed by atoms with E-state index < -0.39 is 0 Å². The predicted molar refractivity (Wildman–Crippen MR) is 109 cm³/mol. The molecule has 1 fully saturated rings. The number of piperidine rings is 1. The van der Waals surface area contributed by atoms with Crippen molar-refractivity contribution in [1.82, 2.24) is 25.0 Å². The third kappa shape index (κ3) is 5.78. The molecule has 0 saturated carbocycles. The minimum Gasteiger partial charge on any atom is -0.355 e. The quantitative estimate of drug-likeness (QED) is 0.512. The van der Waals surface area contributed by atoms with Crippen molar-refractivity contribution in [2.75, 3.05) is 25.4 Å². The highest BCUT2D eigenvalue weighted by atomic mass is 32.2. The maximum Gasteiger partial charge on any atom is 0.230 e. The Morgan fingerprint density at radius 1 is 1.18 bits per heavy atom. The van der Waals surface area contributed by atoms with Crippen molar-refractivity contribution in [2.45, 2.75) is 50.7 Å². The fraction of sp³-hybridized carbons (Fsp3) is 0.550. The summed E-state index contributed by atoms with van der Waals surface area (Å²) in [7, 11) is 0. The number of benzene rings is 1. The number of hydrogen-bond acceptors (Lipinski definition) is 5. The van der Waals surface area contributed by atoms with Crippen LogP contribution in [0.2, 0.25) is 0 Å². The lowest BCUT2D eigenvalue weighted by atomic mass is 10.1. The molecule has 1 amide bonds. The molecular formula is C20H28FN5OS. The smallest absolute Gasteiger partial charge is 0.230 e. The van der Waals surface area contributed by atoms with Gasteiger partial charge in [-0.3, -0.25) is 14.3 Å². The lowest BCUT2D eigenvalue weighted by Crippen LogP contribution is -2.30. The van der Waals surface area contributed by atoms with Crippen LogP contribution < -0.4 is 5.32 Å². The van der Waals surface area contributed by atoms with Gasteiger partial charge in [-0.1, -0.05) is 31.5 Å². The largest absolute Gasteiger partial charge is 0.355 e. The maximum atomic E-state index is 13.4. The van der Waals surface area contributed by atoms with E-state index in [9.17, 15) is 9.18 Å². The molecule has 0 atom stereocenters. The Hall–Kier alpha value is -1.93. The number of halogens is 1. The van der Waals surface area contributed by atoms with E-state index in [1.807, 2.05) is 4.57 Å². The Balaban J connectivity index is 1.75. The number of thioether (sulfide) groups is 1. The van der Waals surface area contributed by atoms with Crippen molar-refractivity contribution >= 4 is 17.7 Å². The standard InChI is InChI=1S/C20H28FN5OS/c1-2-3-11-22-19(27)15-28-20-24-23-18(14-25-12-5-4-6-13-25)26(20)17-9-7-16(21)8-10-17/h7-10H,2-6,11-15H2,1H3,(H,22,27). The van der Waals surface area contributed by atoms with Gasteiger partial charge in [0.15, 0.2) is 11.0 Å². The molecule has 1 N–H and O–H groups in total. The molecule has 8 heteroatoms. The number of aromatic nitrogens is 3. The van der Waals surface area contributed by atoms with Crippen molar-refractivity contribution in [3.63, 3.8) is 0 Å². The zero-order chi connectivity index (χ0) is 19.8. The van der Waals surface area contributed by atoms with Crippen LogP contribution in [-0.2, 0) is 11.3 Å². The SMILES string of the molecule is CCCCNC(=O)CSc1nnc(CN2CCCCC2)n1-c1ccc(F)cc1. The van der Waals surface area contributed by atoms with E-state index in [1.54, 1.807) is 12.1 Å². The van der Waals surface area contributed by atoms with E-state index >= 15 is 0 Å². The Kier molecular flexibility index (Phi) is 7.85. The van der Waals surface area contributed by atoms with Crippen LogP contribution in [0, 0.1) is 5.82 Å². The van der Waals surface area contributed by atoms with E-state index in [-0.39, 0.29) is 17.5 Å². The second-order valence-corrected chi connectivity index (χ2v) is 7.98. The normalized spacial score (nSPS) is 14.9. The van der Waals surface area contributed by atoms with Crippen LogP contribution in [0.3, 0.4) is 0 Å². The fourth-order valence-corrected chi connectivity index (χ4v) is 4.05. The molecule has 1 saturated heterocycles. The van der Waals surface area contributed by atoms with Gasteiger partial charge >= 0.3 is 0 Å². The first-order valence-electron chi connectivity index (χ1n) is 9.99. The first-order valence-corrected chi connectivity index (χ1v) is 11.0. The van der Waals surface area contributed by atoms with Crippen LogP contribution in [0.1, 0.15) is 44.9 Å². The minimum atomic E-state index is -0.279. The lowest BCUT2D eigenvalue weighted by Gasteiger charge is -2.26.